The zero-order valence-electron chi connectivity index (χ0n) is 17.2. The third kappa shape index (κ3) is 5.11. The van der Waals surface area contributed by atoms with Crippen LogP contribution in [-0.4, -0.2) is 28.0 Å². The van der Waals surface area contributed by atoms with Crippen molar-refractivity contribution in [3.63, 3.8) is 0 Å². The highest BCUT2D eigenvalue weighted by atomic mass is 19.4. The Morgan fingerprint density at radius 3 is 2.48 bits per heavy atom. The van der Waals surface area contributed by atoms with Crippen molar-refractivity contribution >= 4 is 17.3 Å². The topological polar surface area (TPSA) is 68.5 Å². The minimum absolute atomic E-state index is 0.386. The minimum atomic E-state index is -4.73. The third-order valence-electron chi connectivity index (χ3n) is 4.46. The number of amides is 1. The number of aromatic nitrogens is 2. The summed E-state index contributed by atoms with van der Waals surface area (Å²) in [4.78, 5) is 17.7. The maximum absolute atomic E-state index is 13.2. The molecule has 0 fully saturated rings. The van der Waals surface area contributed by atoms with Crippen LogP contribution in [0.1, 0.15) is 35.5 Å². The van der Waals surface area contributed by atoms with Crippen molar-refractivity contribution < 1.29 is 22.8 Å². The molecular formula is C22H21F3N4O2. The number of benzene rings is 2. The van der Waals surface area contributed by atoms with Gasteiger partial charge in [-0.1, -0.05) is 47.6 Å². The molecule has 1 heterocycles. The number of rotatable bonds is 6. The Balaban J connectivity index is 1.89. The lowest BCUT2D eigenvalue weighted by Gasteiger charge is -2.12. The van der Waals surface area contributed by atoms with Crippen molar-refractivity contribution in [1.82, 2.24) is 9.78 Å². The van der Waals surface area contributed by atoms with Crippen LogP contribution < -0.4 is 5.32 Å². The van der Waals surface area contributed by atoms with E-state index >= 15 is 0 Å². The fourth-order valence-electron chi connectivity index (χ4n) is 3.00. The molecule has 0 unspecified atom stereocenters. The highest BCUT2D eigenvalue weighted by Crippen LogP contribution is 2.32. The molecular weight excluding hydrogens is 409 g/mol. The standard InChI is InChI=1S/C22H21F3N4O2/c1-4-31-28-14(2)15-9-11-16(12-10-15)17-7-5-6-8-19(17)26-21(30)18-13-29(3)27-20(18)22(23,24)25/h5-13H,4H2,1-3H3,(H,26,30)/b28-14-. The number of halogens is 3. The van der Waals surface area contributed by atoms with Gasteiger partial charge in [-0.15, -0.1) is 0 Å². The van der Waals surface area contributed by atoms with E-state index in [2.05, 4.69) is 15.6 Å². The molecule has 0 atom stereocenters. The van der Waals surface area contributed by atoms with Crippen LogP contribution in [0, 0.1) is 0 Å². The molecule has 0 saturated carbocycles. The van der Waals surface area contributed by atoms with Crippen molar-refractivity contribution in [3.05, 3.63) is 71.5 Å². The van der Waals surface area contributed by atoms with Crippen LogP contribution in [0.4, 0.5) is 18.9 Å². The molecule has 1 amide bonds. The number of nitrogens with zero attached hydrogens (tertiary/aromatic N) is 3. The minimum Gasteiger partial charge on any atom is -0.396 e. The molecule has 0 saturated heterocycles. The van der Waals surface area contributed by atoms with E-state index in [0.717, 1.165) is 22.0 Å². The van der Waals surface area contributed by atoms with Gasteiger partial charge >= 0.3 is 6.18 Å². The van der Waals surface area contributed by atoms with Gasteiger partial charge in [0.2, 0.25) is 0 Å². The first-order valence-corrected chi connectivity index (χ1v) is 9.49. The van der Waals surface area contributed by atoms with Gasteiger partial charge in [0.1, 0.15) is 6.61 Å². The molecule has 0 aliphatic carbocycles. The summed E-state index contributed by atoms with van der Waals surface area (Å²) < 4.78 is 40.6. The molecule has 0 aliphatic rings. The average Bonchev–Trinajstić information content (AvgIpc) is 3.15. The van der Waals surface area contributed by atoms with Crippen LogP contribution in [0.25, 0.3) is 11.1 Å². The number of hydrogen-bond acceptors (Lipinski definition) is 4. The quantitative estimate of drug-likeness (QED) is 0.436. The molecule has 3 aromatic rings. The van der Waals surface area contributed by atoms with Gasteiger partial charge in [-0.25, -0.2) is 0 Å². The predicted octanol–water partition coefficient (Wildman–Crippen LogP) is 5.12. The zero-order valence-corrected chi connectivity index (χ0v) is 17.2. The van der Waals surface area contributed by atoms with E-state index in [4.69, 9.17) is 4.84 Å². The van der Waals surface area contributed by atoms with E-state index in [-0.39, 0.29) is 0 Å². The summed E-state index contributed by atoms with van der Waals surface area (Å²) in [6.07, 6.45) is -3.68. The first kappa shape index (κ1) is 22.1. The molecule has 6 nitrogen and oxygen atoms in total. The Morgan fingerprint density at radius 1 is 1.16 bits per heavy atom. The summed E-state index contributed by atoms with van der Waals surface area (Å²) in [5, 5.41) is 9.96. The first-order chi connectivity index (χ1) is 14.7. The number of alkyl halides is 3. The molecule has 0 spiro atoms. The molecule has 0 bridgehead atoms. The van der Waals surface area contributed by atoms with Gasteiger partial charge in [0.15, 0.2) is 5.69 Å². The monoisotopic (exact) mass is 430 g/mol. The second-order valence-corrected chi connectivity index (χ2v) is 6.73. The Labute approximate surface area is 177 Å². The van der Waals surface area contributed by atoms with E-state index in [0.29, 0.717) is 23.6 Å². The van der Waals surface area contributed by atoms with E-state index in [1.54, 1.807) is 24.3 Å². The normalized spacial score (nSPS) is 12.0. The Hall–Kier alpha value is -3.62. The number of carbonyl (C=O) groups excluding carboxylic acids is 1. The number of oxime groups is 1. The van der Waals surface area contributed by atoms with Crippen LogP contribution >= 0.6 is 0 Å². The lowest BCUT2D eigenvalue weighted by atomic mass is 10.0. The Kier molecular flexibility index (Phi) is 6.43. The predicted molar refractivity (Wildman–Crippen MR) is 112 cm³/mol. The van der Waals surface area contributed by atoms with Crippen molar-refractivity contribution in [2.24, 2.45) is 12.2 Å². The number of anilines is 1. The summed E-state index contributed by atoms with van der Waals surface area (Å²) in [5.41, 5.74) is 1.65. The first-order valence-electron chi connectivity index (χ1n) is 9.49. The van der Waals surface area contributed by atoms with Gasteiger partial charge in [-0.3, -0.25) is 9.48 Å². The maximum atomic E-state index is 13.2. The Bertz CT molecular complexity index is 1100. The smallest absolute Gasteiger partial charge is 0.396 e. The van der Waals surface area contributed by atoms with Crippen LogP contribution in [0.3, 0.4) is 0 Å². The molecule has 2 aromatic carbocycles. The molecule has 0 aliphatic heterocycles. The SMILES string of the molecule is CCO/N=C(/C)c1ccc(-c2ccccc2NC(=O)c2cn(C)nc2C(F)(F)F)cc1. The number of carbonyl (C=O) groups is 1. The highest BCUT2D eigenvalue weighted by Gasteiger charge is 2.39. The van der Waals surface area contributed by atoms with E-state index in [9.17, 15) is 18.0 Å². The van der Waals surface area contributed by atoms with Crippen LogP contribution in [0.5, 0.6) is 0 Å². The summed E-state index contributed by atoms with van der Waals surface area (Å²) in [7, 11) is 1.33. The number of nitrogens with one attached hydrogen (secondary N) is 1. The fourth-order valence-corrected chi connectivity index (χ4v) is 3.00. The fraction of sp³-hybridized carbons (Fsp3) is 0.227. The van der Waals surface area contributed by atoms with Gasteiger partial charge in [0.05, 0.1) is 11.3 Å². The molecule has 162 valence electrons. The summed E-state index contributed by atoms with van der Waals surface area (Å²) >= 11 is 0. The highest BCUT2D eigenvalue weighted by molar-refractivity contribution is 6.07. The molecule has 0 radical (unpaired) electrons. The van der Waals surface area contributed by atoms with E-state index in [1.807, 2.05) is 38.1 Å². The lowest BCUT2D eigenvalue weighted by molar-refractivity contribution is -0.141. The second-order valence-electron chi connectivity index (χ2n) is 6.73. The molecule has 31 heavy (non-hydrogen) atoms. The van der Waals surface area contributed by atoms with Gasteiger partial charge in [0.25, 0.3) is 5.91 Å². The van der Waals surface area contributed by atoms with E-state index in [1.165, 1.54) is 7.05 Å². The number of para-hydroxylation sites is 1. The summed E-state index contributed by atoms with van der Waals surface area (Å²) in [6, 6.07) is 14.3. The molecule has 9 heteroatoms. The summed E-state index contributed by atoms with van der Waals surface area (Å²) in [6.45, 7) is 4.13. The largest absolute Gasteiger partial charge is 0.435 e. The van der Waals surface area contributed by atoms with Crippen molar-refractivity contribution in [2.75, 3.05) is 11.9 Å². The van der Waals surface area contributed by atoms with Gasteiger partial charge in [-0.05, 0) is 31.0 Å². The molecule has 1 aromatic heterocycles. The van der Waals surface area contributed by atoms with Crippen LogP contribution in [-0.2, 0) is 18.1 Å². The van der Waals surface area contributed by atoms with Crippen molar-refractivity contribution in [3.8, 4) is 11.1 Å². The van der Waals surface area contributed by atoms with Gasteiger partial charge in [0, 0.05) is 24.5 Å². The Morgan fingerprint density at radius 2 is 1.84 bits per heavy atom. The molecule has 3 rings (SSSR count). The lowest BCUT2D eigenvalue weighted by Crippen LogP contribution is -2.18. The van der Waals surface area contributed by atoms with E-state index < -0.39 is 23.3 Å². The van der Waals surface area contributed by atoms with Gasteiger partial charge in [-0.2, -0.15) is 18.3 Å². The van der Waals surface area contributed by atoms with Gasteiger partial charge < -0.3 is 10.2 Å². The summed E-state index contributed by atoms with van der Waals surface area (Å²) in [5.74, 6) is -0.885. The van der Waals surface area contributed by atoms with Crippen molar-refractivity contribution in [2.45, 2.75) is 20.0 Å². The third-order valence-corrected chi connectivity index (χ3v) is 4.46. The van der Waals surface area contributed by atoms with Crippen LogP contribution in [0.2, 0.25) is 0 Å². The zero-order chi connectivity index (χ0) is 22.6. The number of aryl methyl sites for hydroxylation is 1. The van der Waals surface area contributed by atoms with Crippen LogP contribution in [0.15, 0.2) is 59.9 Å². The van der Waals surface area contributed by atoms with Crippen molar-refractivity contribution in [1.29, 1.82) is 0 Å². The molecule has 1 N–H and O–H groups in total. The maximum Gasteiger partial charge on any atom is 0.435 e. The second kappa shape index (κ2) is 9.03. The number of hydrogen-bond donors (Lipinski definition) is 1. The average molecular weight is 430 g/mol.